The summed E-state index contributed by atoms with van der Waals surface area (Å²) in [6, 6.07) is 0.168. The maximum absolute atomic E-state index is 11.2. The monoisotopic (exact) mass is 245 g/mol. The number of rotatable bonds is 9. The van der Waals surface area contributed by atoms with Gasteiger partial charge in [0.25, 0.3) is 0 Å². The van der Waals surface area contributed by atoms with Gasteiger partial charge in [-0.2, -0.15) is 0 Å². The lowest BCUT2D eigenvalue weighted by Crippen LogP contribution is -2.38. The molecule has 0 aromatic carbocycles. The van der Waals surface area contributed by atoms with Crippen LogP contribution in [0.5, 0.6) is 0 Å². The summed E-state index contributed by atoms with van der Waals surface area (Å²) in [5.74, 6) is 0.679. The molecule has 0 unspecified atom stereocenters. The van der Waals surface area contributed by atoms with Gasteiger partial charge in [-0.1, -0.05) is 27.7 Å². The second-order valence-electron chi connectivity index (χ2n) is 4.85. The normalized spacial score (nSPS) is 10.9. The first kappa shape index (κ1) is 16.2. The van der Waals surface area contributed by atoms with Gasteiger partial charge in [-0.3, -0.25) is 4.84 Å². The van der Waals surface area contributed by atoms with Crippen molar-refractivity contribution >= 4 is 6.03 Å². The fraction of sp³-hybridized carbons (Fsp3) is 0.917. The molecule has 0 aliphatic carbocycles. The minimum Gasteiger partial charge on any atom is -0.336 e. The van der Waals surface area contributed by atoms with Crippen molar-refractivity contribution in [1.29, 1.82) is 0 Å². The Morgan fingerprint density at radius 3 is 2.47 bits per heavy atom. The van der Waals surface area contributed by atoms with E-state index >= 15 is 0 Å². The van der Waals surface area contributed by atoms with Crippen LogP contribution in [-0.2, 0) is 4.84 Å². The molecule has 3 N–H and O–H groups in total. The molecule has 2 amide bonds. The number of amides is 2. The SMILES string of the molecule is CC(C)CCCNC(=O)NOCCNC(C)C. The van der Waals surface area contributed by atoms with Crippen molar-refractivity contribution in [3.8, 4) is 0 Å². The van der Waals surface area contributed by atoms with Gasteiger partial charge in [0.15, 0.2) is 0 Å². The van der Waals surface area contributed by atoms with Gasteiger partial charge < -0.3 is 10.6 Å². The van der Waals surface area contributed by atoms with Gasteiger partial charge in [-0.25, -0.2) is 10.3 Å². The molecule has 0 saturated heterocycles. The van der Waals surface area contributed by atoms with Crippen LogP contribution in [0.4, 0.5) is 4.79 Å². The Kier molecular flexibility index (Phi) is 9.86. The van der Waals surface area contributed by atoms with Crippen LogP contribution >= 0.6 is 0 Å². The Morgan fingerprint density at radius 2 is 1.88 bits per heavy atom. The average Bonchev–Trinajstić information content (AvgIpc) is 2.23. The maximum Gasteiger partial charge on any atom is 0.338 e. The van der Waals surface area contributed by atoms with Gasteiger partial charge in [0.2, 0.25) is 0 Å². The van der Waals surface area contributed by atoms with Gasteiger partial charge in [-0.15, -0.1) is 0 Å². The predicted molar refractivity (Wildman–Crippen MR) is 69.7 cm³/mol. The van der Waals surface area contributed by atoms with Crippen molar-refractivity contribution in [2.75, 3.05) is 19.7 Å². The number of carbonyl (C=O) groups is 1. The van der Waals surface area contributed by atoms with Crippen LogP contribution in [0.15, 0.2) is 0 Å². The molecular weight excluding hydrogens is 218 g/mol. The summed E-state index contributed by atoms with van der Waals surface area (Å²) in [4.78, 5) is 16.2. The number of carbonyl (C=O) groups excluding carboxylic acids is 1. The fourth-order valence-electron chi connectivity index (χ4n) is 1.26. The highest BCUT2D eigenvalue weighted by Crippen LogP contribution is 2.01. The Balaban J connectivity index is 3.23. The zero-order valence-electron chi connectivity index (χ0n) is 11.5. The summed E-state index contributed by atoms with van der Waals surface area (Å²) >= 11 is 0. The van der Waals surface area contributed by atoms with Crippen LogP contribution in [0, 0.1) is 5.92 Å². The van der Waals surface area contributed by atoms with E-state index in [0.717, 1.165) is 19.4 Å². The van der Waals surface area contributed by atoms with Crippen LogP contribution < -0.4 is 16.1 Å². The van der Waals surface area contributed by atoms with Crippen LogP contribution in [0.3, 0.4) is 0 Å². The third-order valence-electron chi connectivity index (χ3n) is 2.17. The van der Waals surface area contributed by atoms with Gasteiger partial charge >= 0.3 is 6.03 Å². The summed E-state index contributed by atoms with van der Waals surface area (Å²) in [6.45, 7) is 10.4. The molecule has 0 atom stereocenters. The van der Waals surface area contributed by atoms with E-state index in [4.69, 9.17) is 4.84 Å². The van der Waals surface area contributed by atoms with Crippen molar-refractivity contribution < 1.29 is 9.63 Å². The Labute approximate surface area is 105 Å². The third-order valence-corrected chi connectivity index (χ3v) is 2.17. The molecule has 0 bridgehead atoms. The summed E-state index contributed by atoms with van der Waals surface area (Å²) in [7, 11) is 0. The van der Waals surface area contributed by atoms with Gasteiger partial charge in [0.1, 0.15) is 0 Å². The number of hydrogen-bond donors (Lipinski definition) is 3. The molecule has 102 valence electrons. The molecule has 0 aromatic heterocycles. The van der Waals surface area contributed by atoms with E-state index in [9.17, 15) is 4.79 Å². The molecule has 0 fully saturated rings. The molecule has 17 heavy (non-hydrogen) atoms. The Bertz CT molecular complexity index is 196. The van der Waals surface area contributed by atoms with Crippen molar-refractivity contribution in [2.45, 2.75) is 46.6 Å². The van der Waals surface area contributed by atoms with Crippen molar-refractivity contribution in [1.82, 2.24) is 16.1 Å². The van der Waals surface area contributed by atoms with Gasteiger partial charge in [-0.05, 0) is 18.8 Å². The molecule has 0 spiro atoms. The summed E-state index contributed by atoms with van der Waals surface area (Å²) < 4.78 is 0. The summed E-state index contributed by atoms with van der Waals surface area (Å²) in [5.41, 5.74) is 2.35. The first-order valence-electron chi connectivity index (χ1n) is 6.41. The van der Waals surface area contributed by atoms with E-state index in [2.05, 4.69) is 43.8 Å². The second kappa shape index (κ2) is 10.4. The molecule has 5 nitrogen and oxygen atoms in total. The minimum absolute atomic E-state index is 0.265. The third kappa shape index (κ3) is 13.1. The van der Waals surface area contributed by atoms with Crippen LogP contribution in [0.1, 0.15) is 40.5 Å². The van der Waals surface area contributed by atoms with E-state index in [0.29, 0.717) is 25.1 Å². The molecule has 0 aliphatic heterocycles. The van der Waals surface area contributed by atoms with E-state index in [1.165, 1.54) is 0 Å². The largest absolute Gasteiger partial charge is 0.338 e. The average molecular weight is 245 g/mol. The molecule has 0 saturated carbocycles. The smallest absolute Gasteiger partial charge is 0.336 e. The molecule has 0 rings (SSSR count). The predicted octanol–water partition coefficient (Wildman–Crippen LogP) is 1.65. The van der Waals surface area contributed by atoms with Crippen molar-refractivity contribution in [3.63, 3.8) is 0 Å². The molecule has 0 aliphatic rings. The highest BCUT2D eigenvalue weighted by atomic mass is 16.7. The second-order valence-corrected chi connectivity index (χ2v) is 4.85. The number of nitrogens with one attached hydrogen (secondary N) is 3. The highest BCUT2D eigenvalue weighted by molar-refractivity contribution is 5.72. The van der Waals surface area contributed by atoms with Gasteiger partial charge in [0.05, 0.1) is 6.61 Å². The van der Waals surface area contributed by atoms with E-state index < -0.39 is 0 Å². The van der Waals surface area contributed by atoms with Crippen LogP contribution in [0.25, 0.3) is 0 Å². The van der Waals surface area contributed by atoms with E-state index in [-0.39, 0.29) is 6.03 Å². The molecule has 5 heteroatoms. The van der Waals surface area contributed by atoms with Gasteiger partial charge in [0, 0.05) is 19.1 Å². The van der Waals surface area contributed by atoms with Crippen LogP contribution in [0.2, 0.25) is 0 Å². The maximum atomic E-state index is 11.2. The summed E-state index contributed by atoms with van der Waals surface area (Å²) in [5, 5.41) is 5.93. The van der Waals surface area contributed by atoms with E-state index in [1.54, 1.807) is 0 Å². The van der Waals surface area contributed by atoms with Crippen molar-refractivity contribution in [3.05, 3.63) is 0 Å². The van der Waals surface area contributed by atoms with Crippen molar-refractivity contribution in [2.24, 2.45) is 5.92 Å². The first-order chi connectivity index (χ1) is 8.02. The first-order valence-corrected chi connectivity index (χ1v) is 6.41. The van der Waals surface area contributed by atoms with Crippen LogP contribution in [-0.4, -0.2) is 31.8 Å². The standard InChI is InChI=1S/C12H27N3O2/c1-10(2)6-5-7-14-12(16)15-17-9-8-13-11(3)4/h10-11,13H,5-9H2,1-4H3,(H2,14,15,16). The topological polar surface area (TPSA) is 62.4 Å². The zero-order chi connectivity index (χ0) is 13.1. The molecular formula is C12H27N3O2. The van der Waals surface area contributed by atoms with E-state index in [1.807, 2.05) is 0 Å². The quantitative estimate of drug-likeness (QED) is 0.427. The number of hydrogen-bond acceptors (Lipinski definition) is 3. The molecule has 0 radical (unpaired) electrons. The molecule has 0 heterocycles. The Morgan fingerprint density at radius 1 is 1.18 bits per heavy atom. The highest BCUT2D eigenvalue weighted by Gasteiger charge is 2.00. The summed E-state index contributed by atoms with van der Waals surface area (Å²) in [6.07, 6.45) is 2.12. The minimum atomic E-state index is -0.265. The lowest BCUT2D eigenvalue weighted by molar-refractivity contribution is 0.0623. The zero-order valence-corrected chi connectivity index (χ0v) is 11.5. The molecule has 0 aromatic rings. The Hall–Kier alpha value is -0.810. The number of urea groups is 1. The lowest BCUT2D eigenvalue weighted by Gasteiger charge is -2.10. The fourth-order valence-corrected chi connectivity index (χ4v) is 1.26. The number of hydroxylamine groups is 1. The lowest BCUT2D eigenvalue weighted by atomic mass is 10.1.